The number of hydrogen-bond donors (Lipinski definition) is 1. The van der Waals surface area contributed by atoms with E-state index in [0.29, 0.717) is 18.5 Å². The number of rotatable bonds is 4. The fourth-order valence-electron chi connectivity index (χ4n) is 2.82. The van der Waals surface area contributed by atoms with Gasteiger partial charge in [-0.1, -0.05) is 6.07 Å². The van der Waals surface area contributed by atoms with E-state index in [4.69, 9.17) is 0 Å². The van der Waals surface area contributed by atoms with E-state index in [-0.39, 0.29) is 29.9 Å². The highest BCUT2D eigenvalue weighted by molar-refractivity contribution is 7.89. The molecule has 9 heteroatoms. The highest BCUT2D eigenvalue weighted by atomic mass is 32.2. The predicted molar refractivity (Wildman–Crippen MR) is 89.7 cm³/mol. The summed E-state index contributed by atoms with van der Waals surface area (Å²) in [4.78, 5) is 16.2. The summed E-state index contributed by atoms with van der Waals surface area (Å²) < 4.78 is 41.1. The third-order valence-corrected chi connectivity index (χ3v) is 5.99. The van der Waals surface area contributed by atoms with Crippen molar-refractivity contribution in [2.24, 2.45) is 13.0 Å². The number of sulfonamides is 1. The van der Waals surface area contributed by atoms with Gasteiger partial charge in [0.25, 0.3) is 10.0 Å². The van der Waals surface area contributed by atoms with Gasteiger partial charge in [0.05, 0.1) is 6.33 Å². The maximum absolute atomic E-state index is 13.2. The highest BCUT2D eigenvalue weighted by Crippen LogP contribution is 2.24. The maximum Gasteiger partial charge on any atom is 0.262 e. The normalized spacial score (nSPS) is 16.7. The predicted octanol–water partition coefficient (Wildman–Crippen LogP) is 1.60. The fourth-order valence-corrected chi connectivity index (χ4v) is 4.26. The number of carbonyl (C=O) groups excluding carboxylic acids is 1. The van der Waals surface area contributed by atoms with E-state index in [9.17, 15) is 17.6 Å². The lowest BCUT2D eigenvalue weighted by Crippen LogP contribution is -2.41. The second-order valence-corrected chi connectivity index (χ2v) is 7.94. The summed E-state index contributed by atoms with van der Waals surface area (Å²) in [7, 11) is -1.93. The first kappa shape index (κ1) is 17.6. The number of anilines is 1. The summed E-state index contributed by atoms with van der Waals surface area (Å²) in [5.74, 6) is -0.951. The molecule has 0 atom stereocenters. The van der Waals surface area contributed by atoms with Crippen LogP contribution in [-0.2, 0) is 21.9 Å². The van der Waals surface area contributed by atoms with Crippen LogP contribution in [0.1, 0.15) is 12.8 Å². The van der Waals surface area contributed by atoms with Crippen LogP contribution in [0.25, 0.3) is 0 Å². The van der Waals surface area contributed by atoms with Gasteiger partial charge in [-0.25, -0.2) is 17.8 Å². The largest absolute Gasteiger partial charge is 0.339 e. The van der Waals surface area contributed by atoms with Crippen molar-refractivity contribution in [2.75, 3.05) is 18.4 Å². The molecule has 0 radical (unpaired) electrons. The molecule has 2 aromatic rings. The lowest BCUT2D eigenvalue weighted by molar-refractivity contribution is -0.120. The van der Waals surface area contributed by atoms with Gasteiger partial charge in [0.2, 0.25) is 5.91 Å². The Morgan fingerprint density at radius 3 is 2.64 bits per heavy atom. The lowest BCUT2D eigenvalue weighted by Gasteiger charge is -2.29. The molecule has 0 bridgehead atoms. The molecule has 1 amide bonds. The summed E-state index contributed by atoms with van der Waals surface area (Å²) in [5.41, 5.74) is 0.397. The topological polar surface area (TPSA) is 84.3 Å². The number of imidazole rings is 1. The third kappa shape index (κ3) is 3.88. The Morgan fingerprint density at radius 1 is 1.32 bits per heavy atom. The van der Waals surface area contributed by atoms with Crippen molar-refractivity contribution in [3.05, 3.63) is 42.6 Å². The summed E-state index contributed by atoms with van der Waals surface area (Å²) in [6.45, 7) is 0.500. The zero-order valence-corrected chi connectivity index (χ0v) is 14.5. The number of benzene rings is 1. The minimum Gasteiger partial charge on any atom is -0.339 e. The Bertz CT molecular complexity index is 873. The van der Waals surface area contributed by atoms with E-state index in [1.165, 1.54) is 35.0 Å². The van der Waals surface area contributed by atoms with Crippen molar-refractivity contribution >= 4 is 21.6 Å². The molecule has 134 valence electrons. The van der Waals surface area contributed by atoms with Crippen molar-refractivity contribution in [1.82, 2.24) is 13.9 Å². The summed E-state index contributed by atoms with van der Waals surface area (Å²) in [5, 5.41) is 2.69. The van der Waals surface area contributed by atoms with E-state index in [0.717, 1.165) is 0 Å². The maximum atomic E-state index is 13.2. The van der Waals surface area contributed by atoms with Crippen LogP contribution in [0, 0.1) is 11.7 Å². The first-order valence-electron chi connectivity index (χ1n) is 7.91. The average molecular weight is 366 g/mol. The van der Waals surface area contributed by atoms with Crippen LogP contribution in [0.4, 0.5) is 10.1 Å². The van der Waals surface area contributed by atoms with E-state index >= 15 is 0 Å². The smallest absolute Gasteiger partial charge is 0.262 e. The quantitative estimate of drug-likeness (QED) is 0.891. The van der Waals surface area contributed by atoms with Crippen molar-refractivity contribution in [1.29, 1.82) is 0 Å². The Kier molecular flexibility index (Phi) is 4.87. The van der Waals surface area contributed by atoms with Gasteiger partial charge >= 0.3 is 0 Å². The molecule has 1 fully saturated rings. The molecule has 0 unspecified atom stereocenters. The highest BCUT2D eigenvalue weighted by Gasteiger charge is 2.33. The van der Waals surface area contributed by atoms with Gasteiger partial charge in [-0.15, -0.1) is 0 Å². The molecule has 1 saturated heterocycles. The number of aryl methyl sites for hydroxylation is 1. The van der Waals surface area contributed by atoms with Crippen LogP contribution >= 0.6 is 0 Å². The van der Waals surface area contributed by atoms with Crippen LogP contribution in [0.5, 0.6) is 0 Å². The second-order valence-electron chi connectivity index (χ2n) is 6.06. The number of aromatic nitrogens is 2. The number of amides is 1. The Labute approximate surface area is 145 Å². The van der Waals surface area contributed by atoms with E-state index < -0.39 is 15.8 Å². The third-order valence-electron chi connectivity index (χ3n) is 4.20. The Balaban J connectivity index is 1.61. The molecule has 2 heterocycles. The standard InChI is InChI=1S/C16H19FN4O3S/c1-20-10-15(18-11-20)25(23,24)21-7-5-12(6-8-21)16(22)19-14-4-2-3-13(17)9-14/h2-4,9-12H,5-8H2,1H3,(H,19,22). The zero-order chi connectivity index (χ0) is 18.0. The summed E-state index contributed by atoms with van der Waals surface area (Å²) in [6, 6.07) is 5.68. The number of carbonyl (C=O) groups is 1. The summed E-state index contributed by atoms with van der Waals surface area (Å²) >= 11 is 0. The molecule has 25 heavy (non-hydrogen) atoms. The van der Waals surface area contributed by atoms with Gasteiger partial charge in [-0.3, -0.25) is 4.79 Å². The van der Waals surface area contributed by atoms with Gasteiger partial charge < -0.3 is 9.88 Å². The molecule has 1 N–H and O–H groups in total. The molecular formula is C16H19FN4O3S. The SMILES string of the molecule is Cn1cnc(S(=O)(=O)N2CCC(C(=O)Nc3cccc(F)c3)CC2)c1. The molecule has 1 aromatic carbocycles. The Morgan fingerprint density at radius 2 is 2.04 bits per heavy atom. The minimum atomic E-state index is -3.63. The first-order valence-corrected chi connectivity index (χ1v) is 9.35. The van der Waals surface area contributed by atoms with Crippen molar-refractivity contribution < 1.29 is 17.6 Å². The molecular weight excluding hydrogens is 347 g/mol. The lowest BCUT2D eigenvalue weighted by atomic mass is 9.97. The molecule has 0 aliphatic carbocycles. The van der Waals surface area contributed by atoms with Crippen LogP contribution in [0.3, 0.4) is 0 Å². The zero-order valence-electron chi connectivity index (χ0n) is 13.7. The first-order chi connectivity index (χ1) is 11.9. The van der Waals surface area contributed by atoms with E-state index in [2.05, 4.69) is 10.3 Å². The number of nitrogens with zero attached hydrogens (tertiary/aromatic N) is 3. The minimum absolute atomic E-state index is 0.0117. The van der Waals surface area contributed by atoms with Gasteiger partial charge in [-0.05, 0) is 31.0 Å². The summed E-state index contributed by atoms with van der Waals surface area (Å²) in [6.07, 6.45) is 3.71. The number of nitrogens with one attached hydrogen (secondary N) is 1. The fraction of sp³-hybridized carbons (Fsp3) is 0.375. The van der Waals surface area contributed by atoms with Crippen molar-refractivity contribution in [3.63, 3.8) is 0 Å². The van der Waals surface area contributed by atoms with Gasteiger partial charge in [-0.2, -0.15) is 4.31 Å². The van der Waals surface area contributed by atoms with E-state index in [1.807, 2.05) is 0 Å². The van der Waals surface area contributed by atoms with E-state index in [1.54, 1.807) is 17.7 Å². The number of hydrogen-bond acceptors (Lipinski definition) is 4. The average Bonchev–Trinajstić information content (AvgIpc) is 3.02. The molecule has 1 aliphatic heterocycles. The molecule has 7 nitrogen and oxygen atoms in total. The second kappa shape index (κ2) is 6.93. The monoisotopic (exact) mass is 366 g/mol. The van der Waals surface area contributed by atoms with Gasteiger partial charge in [0.1, 0.15) is 5.82 Å². The Hall–Kier alpha value is -2.26. The van der Waals surface area contributed by atoms with Crippen LogP contribution in [-0.4, -0.2) is 41.3 Å². The van der Waals surface area contributed by atoms with Crippen LogP contribution < -0.4 is 5.32 Å². The number of halogens is 1. The van der Waals surface area contributed by atoms with Crippen LogP contribution in [0.15, 0.2) is 41.8 Å². The van der Waals surface area contributed by atoms with Crippen molar-refractivity contribution in [3.8, 4) is 0 Å². The van der Waals surface area contributed by atoms with Gasteiger partial charge in [0, 0.05) is 37.9 Å². The molecule has 1 aliphatic rings. The molecule has 1 aromatic heterocycles. The molecule has 0 saturated carbocycles. The van der Waals surface area contributed by atoms with Crippen molar-refractivity contribution in [2.45, 2.75) is 17.9 Å². The van der Waals surface area contributed by atoms with Gasteiger partial charge in [0.15, 0.2) is 5.03 Å². The molecule has 3 rings (SSSR count). The molecule has 0 spiro atoms. The van der Waals surface area contributed by atoms with Crippen LogP contribution in [0.2, 0.25) is 0 Å². The number of piperidine rings is 1.